The minimum absolute atomic E-state index is 0.00409. The summed E-state index contributed by atoms with van der Waals surface area (Å²) in [6, 6.07) is 0. The molecule has 0 aliphatic rings. The summed E-state index contributed by atoms with van der Waals surface area (Å²) in [7, 11) is 1.48. The van der Waals surface area contributed by atoms with E-state index in [1.807, 2.05) is 0 Å². The predicted octanol–water partition coefficient (Wildman–Crippen LogP) is -1.16. The van der Waals surface area contributed by atoms with Crippen molar-refractivity contribution in [1.29, 1.82) is 0 Å². The summed E-state index contributed by atoms with van der Waals surface area (Å²) in [6.45, 7) is 2.27. The molecule has 0 saturated carbocycles. The molecule has 0 aliphatic heterocycles. The summed E-state index contributed by atoms with van der Waals surface area (Å²) in [5, 5.41) is 26.5. The molecule has 0 rings (SSSR count). The molecule has 0 radical (unpaired) electrons. The second kappa shape index (κ2) is 6.62. The summed E-state index contributed by atoms with van der Waals surface area (Å²) < 4.78 is 0. The average Bonchev–Trinajstić information content (AvgIpc) is 2.10. The van der Waals surface area contributed by atoms with E-state index in [1.54, 1.807) is 0 Å². The number of hydrazine groups is 1. The highest BCUT2D eigenvalue weighted by Crippen LogP contribution is 1.82. The van der Waals surface area contributed by atoms with Crippen LogP contribution in [0.2, 0.25) is 0 Å². The topological polar surface area (TPSA) is 103 Å². The Morgan fingerprint density at radius 2 is 2.25 bits per heavy atom. The zero-order chi connectivity index (χ0) is 9.40. The SMILES string of the molecule is CN(CCNCCN)/[N+]([O-])=N/[O-]. The van der Waals surface area contributed by atoms with E-state index in [0.29, 0.717) is 26.2 Å². The zero-order valence-corrected chi connectivity index (χ0v) is 7.06. The van der Waals surface area contributed by atoms with Gasteiger partial charge in [-0.3, -0.25) is 0 Å². The van der Waals surface area contributed by atoms with E-state index in [9.17, 15) is 10.4 Å². The highest BCUT2D eigenvalue weighted by atomic mass is 16.6. The van der Waals surface area contributed by atoms with E-state index < -0.39 is 0 Å². The van der Waals surface area contributed by atoms with Crippen LogP contribution in [-0.4, -0.2) is 43.2 Å². The average molecular weight is 176 g/mol. The van der Waals surface area contributed by atoms with Crippen LogP contribution in [0.25, 0.3) is 0 Å². The van der Waals surface area contributed by atoms with Gasteiger partial charge < -0.3 is 21.5 Å². The lowest BCUT2D eigenvalue weighted by atomic mass is 10.5. The molecule has 0 heterocycles. The number of nitrogens with zero attached hydrogens (tertiary/aromatic N) is 3. The van der Waals surface area contributed by atoms with Crippen LogP contribution in [0.3, 0.4) is 0 Å². The molecular formula is C5H14N5O2-. The van der Waals surface area contributed by atoms with Gasteiger partial charge in [-0.1, -0.05) is 0 Å². The van der Waals surface area contributed by atoms with Crippen LogP contribution in [0.4, 0.5) is 0 Å². The van der Waals surface area contributed by atoms with Gasteiger partial charge in [0.05, 0.1) is 13.6 Å². The quantitative estimate of drug-likeness (QED) is 0.230. The Morgan fingerprint density at radius 1 is 1.58 bits per heavy atom. The largest absolute Gasteiger partial charge is 0.737 e. The lowest BCUT2D eigenvalue weighted by Gasteiger charge is -2.14. The molecule has 0 atom stereocenters. The molecule has 0 unspecified atom stereocenters. The summed E-state index contributed by atoms with van der Waals surface area (Å²) in [5.41, 5.74) is 5.21. The van der Waals surface area contributed by atoms with E-state index in [0.717, 1.165) is 5.01 Å². The maximum atomic E-state index is 10.5. The molecule has 7 nitrogen and oxygen atoms in total. The smallest absolute Gasteiger partial charge is 0.0888 e. The van der Waals surface area contributed by atoms with Gasteiger partial charge in [-0.15, -0.1) is 0 Å². The van der Waals surface area contributed by atoms with E-state index in [2.05, 4.69) is 10.6 Å². The van der Waals surface area contributed by atoms with Crippen LogP contribution in [-0.2, 0) is 0 Å². The standard InChI is InChI=1S/C5H15N5O2/c1-9(10(12)8-11)5-4-7-3-2-6/h7,11H,2-6H2,1H3/p-1/b10-8-. The second-order valence-corrected chi connectivity index (χ2v) is 2.25. The second-order valence-electron chi connectivity index (χ2n) is 2.25. The number of rotatable bonds is 6. The van der Waals surface area contributed by atoms with Crippen molar-refractivity contribution in [2.45, 2.75) is 0 Å². The van der Waals surface area contributed by atoms with Crippen LogP contribution in [0, 0.1) is 10.4 Å². The lowest BCUT2D eigenvalue weighted by molar-refractivity contribution is -0.684. The molecule has 0 aromatic carbocycles. The Kier molecular flexibility index (Phi) is 6.02. The molecule has 0 spiro atoms. The van der Waals surface area contributed by atoms with Crippen molar-refractivity contribution in [3.8, 4) is 0 Å². The summed E-state index contributed by atoms with van der Waals surface area (Å²) >= 11 is 0. The highest BCUT2D eigenvalue weighted by Gasteiger charge is 2.01. The molecular weight excluding hydrogens is 162 g/mol. The molecule has 7 heteroatoms. The first-order valence-electron chi connectivity index (χ1n) is 3.64. The van der Waals surface area contributed by atoms with Crippen molar-refractivity contribution in [3.05, 3.63) is 10.4 Å². The van der Waals surface area contributed by atoms with Crippen molar-refractivity contribution in [3.63, 3.8) is 0 Å². The molecule has 0 fully saturated rings. The fraction of sp³-hybridized carbons (Fsp3) is 1.00. The first-order chi connectivity index (χ1) is 5.72. The fourth-order valence-electron chi connectivity index (χ4n) is 0.616. The van der Waals surface area contributed by atoms with Crippen LogP contribution in [0.5, 0.6) is 0 Å². The predicted molar refractivity (Wildman–Crippen MR) is 44.0 cm³/mol. The van der Waals surface area contributed by atoms with Gasteiger partial charge in [0.25, 0.3) is 0 Å². The number of nitrogens with two attached hydrogens (primary N) is 1. The molecule has 12 heavy (non-hydrogen) atoms. The number of nitrogens with one attached hydrogen (secondary N) is 1. The van der Waals surface area contributed by atoms with Gasteiger partial charge in [-0.2, -0.15) is 5.01 Å². The Balaban J connectivity index is 3.37. The van der Waals surface area contributed by atoms with E-state index >= 15 is 0 Å². The highest BCUT2D eigenvalue weighted by molar-refractivity contribution is 4.47. The van der Waals surface area contributed by atoms with Gasteiger partial charge >= 0.3 is 0 Å². The number of hydrogen-bond acceptors (Lipinski definition) is 5. The number of hydrogen-bond donors (Lipinski definition) is 2. The first-order valence-corrected chi connectivity index (χ1v) is 3.64. The summed E-state index contributed by atoms with van der Waals surface area (Å²) in [5.74, 6) is 0. The van der Waals surface area contributed by atoms with Crippen molar-refractivity contribution >= 4 is 0 Å². The van der Waals surface area contributed by atoms with Gasteiger partial charge in [0.15, 0.2) is 0 Å². The van der Waals surface area contributed by atoms with Crippen molar-refractivity contribution < 1.29 is 4.97 Å². The first kappa shape index (κ1) is 10.9. The van der Waals surface area contributed by atoms with Gasteiger partial charge in [0.1, 0.15) is 0 Å². The van der Waals surface area contributed by atoms with Gasteiger partial charge in [0.2, 0.25) is 0 Å². The van der Waals surface area contributed by atoms with E-state index in [-0.39, 0.29) is 4.97 Å². The maximum Gasteiger partial charge on any atom is 0.0888 e. The molecule has 0 bridgehead atoms. The number of likely N-dealkylation sites (N-methyl/N-ethyl adjacent to an activating group) is 1. The Morgan fingerprint density at radius 3 is 2.75 bits per heavy atom. The molecule has 3 N–H and O–H groups in total. The molecule has 72 valence electrons. The third kappa shape index (κ3) is 4.69. The van der Waals surface area contributed by atoms with E-state index in [4.69, 9.17) is 5.73 Å². The fourth-order valence-corrected chi connectivity index (χ4v) is 0.616. The molecule has 0 aromatic rings. The monoisotopic (exact) mass is 176 g/mol. The van der Waals surface area contributed by atoms with Crippen molar-refractivity contribution in [2.75, 3.05) is 33.2 Å². The van der Waals surface area contributed by atoms with Crippen molar-refractivity contribution in [1.82, 2.24) is 10.3 Å². The minimum atomic E-state index is 0.00409. The zero-order valence-electron chi connectivity index (χ0n) is 7.06. The van der Waals surface area contributed by atoms with Gasteiger partial charge in [-0.05, 0) is 5.28 Å². The third-order valence-corrected chi connectivity index (χ3v) is 1.30. The normalized spacial score (nSPS) is 11.7. The summed E-state index contributed by atoms with van der Waals surface area (Å²) in [4.78, 5) is 0.00409. The molecule has 0 aliphatic carbocycles. The van der Waals surface area contributed by atoms with Gasteiger partial charge in [-0.25, -0.2) is 0 Å². The Hall–Kier alpha value is -1.08. The van der Waals surface area contributed by atoms with Gasteiger partial charge in [0, 0.05) is 24.6 Å². The molecule has 0 saturated heterocycles. The van der Waals surface area contributed by atoms with Crippen molar-refractivity contribution in [2.24, 2.45) is 11.0 Å². The Bertz CT molecular complexity index is 140. The van der Waals surface area contributed by atoms with Crippen LogP contribution < -0.4 is 11.1 Å². The molecule has 0 amide bonds. The molecule has 0 aromatic heterocycles. The third-order valence-electron chi connectivity index (χ3n) is 1.30. The van der Waals surface area contributed by atoms with E-state index in [1.165, 1.54) is 7.05 Å². The van der Waals surface area contributed by atoms with Crippen LogP contribution in [0.15, 0.2) is 5.28 Å². The van der Waals surface area contributed by atoms with Crippen LogP contribution >= 0.6 is 0 Å². The maximum absolute atomic E-state index is 10.5. The summed E-state index contributed by atoms with van der Waals surface area (Å²) in [6.07, 6.45) is 0. The lowest BCUT2D eigenvalue weighted by Crippen LogP contribution is -2.35. The van der Waals surface area contributed by atoms with Crippen LogP contribution in [0.1, 0.15) is 0 Å². The Labute approximate surface area is 71.0 Å². The minimum Gasteiger partial charge on any atom is -0.737 e.